The van der Waals surface area contributed by atoms with E-state index in [0.29, 0.717) is 36.8 Å². The molecule has 2 amide bonds. The van der Waals surface area contributed by atoms with Gasteiger partial charge in [0.1, 0.15) is 17.5 Å². The molecule has 2 aliphatic heterocycles. The van der Waals surface area contributed by atoms with Crippen LogP contribution in [0.25, 0.3) is 0 Å². The van der Waals surface area contributed by atoms with E-state index in [1.54, 1.807) is 25.2 Å². The number of carbonyl (C=O) groups excluding carboxylic acids is 2. The molecular formula is C20H29N3O4. The molecule has 1 unspecified atom stereocenters. The molecule has 2 N–H and O–H groups in total. The van der Waals surface area contributed by atoms with E-state index in [1.807, 2.05) is 12.1 Å². The number of hydrogen-bond acceptors (Lipinski definition) is 5. The molecule has 1 aromatic rings. The third kappa shape index (κ3) is 4.91. The number of rotatable bonds is 7. The van der Waals surface area contributed by atoms with Gasteiger partial charge in [-0.15, -0.1) is 0 Å². The van der Waals surface area contributed by atoms with E-state index in [1.165, 1.54) is 0 Å². The highest BCUT2D eigenvalue weighted by Crippen LogP contribution is 2.31. The van der Waals surface area contributed by atoms with Gasteiger partial charge in [-0.2, -0.15) is 0 Å². The van der Waals surface area contributed by atoms with Crippen LogP contribution in [-0.2, 0) is 9.59 Å². The van der Waals surface area contributed by atoms with Gasteiger partial charge < -0.3 is 25.0 Å². The molecule has 0 spiro atoms. The second-order valence-corrected chi connectivity index (χ2v) is 7.20. The van der Waals surface area contributed by atoms with Crippen LogP contribution in [0.1, 0.15) is 32.1 Å². The number of methoxy groups -OCH3 is 2. The van der Waals surface area contributed by atoms with Gasteiger partial charge in [-0.25, -0.2) is 0 Å². The van der Waals surface area contributed by atoms with Gasteiger partial charge in [0.2, 0.25) is 11.8 Å². The first-order chi connectivity index (χ1) is 13.1. The highest BCUT2D eigenvalue weighted by molar-refractivity contribution is 6.01. The Kier molecular flexibility index (Phi) is 6.55. The quantitative estimate of drug-likeness (QED) is 0.758. The van der Waals surface area contributed by atoms with Gasteiger partial charge in [0.05, 0.1) is 19.9 Å². The maximum Gasteiger partial charge on any atom is 0.249 e. The number of benzene rings is 1. The van der Waals surface area contributed by atoms with Crippen LogP contribution in [0.4, 0.5) is 5.69 Å². The van der Waals surface area contributed by atoms with Gasteiger partial charge in [0.25, 0.3) is 0 Å². The first kappa shape index (κ1) is 19.5. The van der Waals surface area contributed by atoms with Crippen molar-refractivity contribution in [1.82, 2.24) is 10.6 Å². The minimum Gasteiger partial charge on any atom is -0.497 e. The number of carbonyl (C=O) groups is 2. The van der Waals surface area contributed by atoms with Gasteiger partial charge in [0, 0.05) is 31.2 Å². The van der Waals surface area contributed by atoms with Crippen LogP contribution in [0.5, 0.6) is 11.5 Å². The van der Waals surface area contributed by atoms with E-state index < -0.39 is 6.04 Å². The molecule has 1 atom stereocenters. The molecule has 2 saturated heterocycles. The molecule has 2 fully saturated rings. The number of hydrogen-bond donors (Lipinski definition) is 2. The summed E-state index contributed by atoms with van der Waals surface area (Å²) in [6.07, 6.45) is 4.24. The van der Waals surface area contributed by atoms with Crippen molar-refractivity contribution in [3.8, 4) is 11.5 Å². The van der Waals surface area contributed by atoms with Crippen LogP contribution < -0.4 is 25.0 Å². The minimum absolute atomic E-state index is 0.0306. The molecule has 1 aromatic carbocycles. The van der Waals surface area contributed by atoms with Crippen molar-refractivity contribution in [2.45, 2.75) is 38.1 Å². The van der Waals surface area contributed by atoms with E-state index in [4.69, 9.17) is 9.47 Å². The summed E-state index contributed by atoms with van der Waals surface area (Å²) in [6.45, 7) is 2.63. The van der Waals surface area contributed by atoms with Crippen molar-refractivity contribution in [2.75, 3.05) is 38.8 Å². The highest BCUT2D eigenvalue weighted by Gasteiger charge is 2.34. The predicted octanol–water partition coefficient (Wildman–Crippen LogP) is 1.71. The average Bonchev–Trinajstić information content (AvgIpc) is 3.07. The Hall–Kier alpha value is -2.28. The molecule has 0 radical (unpaired) electrons. The molecule has 27 heavy (non-hydrogen) atoms. The topological polar surface area (TPSA) is 79.9 Å². The molecule has 148 valence electrons. The Morgan fingerprint density at radius 1 is 1.15 bits per heavy atom. The summed E-state index contributed by atoms with van der Waals surface area (Å²) in [4.78, 5) is 26.7. The Morgan fingerprint density at radius 2 is 1.81 bits per heavy atom. The Morgan fingerprint density at radius 3 is 2.44 bits per heavy atom. The van der Waals surface area contributed by atoms with E-state index in [2.05, 4.69) is 10.6 Å². The number of amides is 2. The van der Waals surface area contributed by atoms with Crippen molar-refractivity contribution in [3.63, 3.8) is 0 Å². The van der Waals surface area contributed by atoms with Crippen molar-refractivity contribution < 1.29 is 19.1 Å². The number of nitrogens with zero attached hydrogens (tertiary/aromatic N) is 1. The first-order valence-electron chi connectivity index (χ1n) is 9.65. The van der Waals surface area contributed by atoms with Crippen LogP contribution in [0.3, 0.4) is 0 Å². The fourth-order valence-electron chi connectivity index (χ4n) is 3.79. The van der Waals surface area contributed by atoms with Crippen LogP contribution in [-0.4, -0.2) is 51.7 Å². The lowest BCUT2D eigenvalue weighted by atomic mass is 9.93. The number of nitrogens with one attached hydrogen (secondary N) is 2. The van der Waals surface area contributed by atoms with E-state index in [9.17, 15) is 9.59 Å². The number of anilines is 1. The maximum atomic E-state index is 12.8. The summed E-state index contributed by atoms with van der Waals surface area (Å²) < 4.78 is 10.6. The Bertz CT molecular complexity index is 651. The molecule has 0 aromatic heterocycles. The fourth-order valence-corrected chi connectivity index (χ4v) is 3.79. The molecular weight excluding hydrogens is 346 g/mol. The highest BCUT2D eigenvalue weighted by atomic mass is 16.5. The van der Waals surface area contributed by atoms with Crippen molar-refractivity contribution in [3.05, 3.63) is 18.2 Å². The van der Waals surface area contributed by atoms with Crippen LogP contribution in [0, 0.1) is 5.92 Å². The van der Waals surface area contributed by atoms with Crippen molar-refractivity contribution in [1.29, 1.82) is 0 Å². The molecule has 7 heteroatoms. The number of ether oxygens (including phenoxy) is 2. The largest absolute Gasteiger partial charge is 0.497 e. The zero-order valence-corrected chi connectivity index (χ0v) is 16.1. The second-order valence-electron chi connectivity index (χ2n) is 7.20. The molecule has 0 aliphatic carbocycles. The normalized spacial score (nSPS) is 20.6. The second kappa shape index (κ2) is 9.08. The summed E-state index contributed by atoms with van der Waals surface area (Å²) in [7, 11) is 3.16. The van der Waals surface area contributed by atoms with E-state index in [0.717, 1.165) is 38.0 Å². The van der Waals surface area contributed by atoms with Crippen LogP contribution in [0.15, 0.2) is 18.2 Å². The van der Waals surface area contributed by atoms with Crippen molar-refractivity contribution >= 4 is 17.5 Å². The lowest BCUT2D eigenvalue weighted by Gasteiger charge is -2.22. The molecule has 0 bridgehead atoms. The Balaban J connectivity index is 1.55. The average molecular weight is 375 g/mol. The molecule has 7 nitrogen and oxygen atoms in total. The fraction of sp³-hybridized carbons (Fsp3) is 0.600. The standard InChI is InChI=1S/C20H29N3O4/c1-26-16-11-15(12-17(13-16)27-2)23-10-7-18(20(23)25)22-19(24)4-3-14-5-8-21-9-6-14/h11-14,18,21H,3-10H2,1-2H3,(H,22,24). The summed E-state index contributed by atoms with van der Waals surface area (Å²) in [5.41, 5.74) is 0.725. The summed E-state index contributed by atoms with van der Waals surface area (Å²) in [5.74, 6) is 1.76. The molecule has 2 aliphatic rings. The molecule has 3 rings (SSSR count). The first-order valence-corrected chi connectivity index (χ1v) is 9.65. The molecule has 2 heterocycles. The Labute approximate surface area is 160 Å². The zero-order valence-electron chi connectivity index (χ0n) is 16.1. The zero-order chi connectivity index (χ0) is 19.2. The number of piperidine rings is 1. The third-order valence-corrected chi connectivity index (χ3v) is 5.43. The summed E-state index contributed by atoms with van der Waals surface area (Å²) in [5, 5.41) is 6.25. The van der Waals surface area contributed by atoms with Gasteiger partial charge in [-0.1, -0.05) is 0 Å². The summed E-state index contributed by atoms with van der Waals surface area (Å²) in [6, 6.07) is 4.93. The predicted molar refractivity (Wildman–Crippen MR) is 103 cm³/mol. The lowest BCUT2D eigenvalue weighted by Crippen LogP contribution is -2.41. The lowest BCUT2D eigenvalue weighted by molar-refractivity contribution is -0.126. The maximum absolute atomic E-state index is 12.8. The SMILES string of the molecule is COc1cc(OC)cc(N2CCC(NC(=O)CCC3CCNCC3)C2=O)c1. The molecule has 0 saturated carbocycles. The van der Waals surface area contributed by atoms with Gasteiger partial charge in [-0.05, 0) is 44.7 Å². The van der Waals surface area contributed by atoms with Gasteiger partial charge in [-0.3, -0.25) is 9.59 Å². The van der Waals surface area contributed by atoms with Crippen molar-refractivity contribution in [2.24, 2.45) is 5.92 Å². The minimum atomic E-state index is -0.456. The van der Waals surface area contributed by atoms with E-state index >= 15 is 0 Å². The van der Waals surface area contributed by atoms with E-state index in [-0.39, 0.29) is 11.8 Å². The van der Waals surface area contributed by atoms with Gasteiger partial charge >= 0.3 is 0 Å². The third-order valence-electron chi connectivity index (χ3n) is 5.43. The smallest absolute Gasteiger partial charge is 0.249 e. The van der Waals surface area contributed by atoms with Crippen LogP contribution >= 0.6 is 0 Å². The monoisotopic (exact) mass is 375 g/mol. The van der Waals surface area contributed by atoms with Gasteiger partial charge in [0.15, 0.2) is 0 Å². The summed E-state index contributed by atoms with van der Waals surface area (Å²) >= 11 is 0. The van der Waals surface area contributed by atoms with Crippen LogP contribution in [0.2, 0.25) is 0 Å².